The molecule has 1 aliphatic heterocycles. The molecule has 6 nitrogen and oxygen atoms in total. The number of nitrogens with one attached hydrogen (secondary N) is 1. The lowest BCUT2D eigenvalue weighted by Gasteiger charge is -2.22. The van der Waals surface area contributed by atoms with E-state index in [1.807, 2.05) is 23.1 Å². The van der Waals surface area contributed by atoms with Crippen LogP contribution in [0, 0.1) is 0 Å². The lowest BCUT2D eigenvalue weighted by Crippen LogP contribution is -2.40. The highest BCUT2D eigenvalue weighted by molar-refractivity contribution is 5.74. The summed E-state index contributed by atoms with van der Waals surface area (Å²) in [6, 6.07) is 10.2. The molecule has 1 unspecified atom stereocenters. The van der Waals surface area contributed by atoms with Crippen LogP contribution in [0.4, 0.5) is 4.79 Å². The summed E-state index contributed by atoms with van der Waals surface area (Å²) in [4.78, 5) is 18.9. The van der Waals surface area contributed by atoms with Gasteiger partial charge in [-0.25, -0.2) is 4.79 Å². The lowest BCUT2D eigenvalue weighted by molar-refractivity contribution is 0.180. The van der Waals surface area contributed by atoms with E-state index in [0.717, 1.165) is 50.9 Å². The topological polar surface area (TPSA) is 71.3 Å². The number of nitrogens with zero attached hydrogens (tertiary/aromatic N) is 3. The van der Waals surface area contributed by atoms with Crippen molar-refractivity contribution in [2.75, 3.05) is 13.1 Å². The van der Waals surface area contributed by atoms with E-state index in [9.17, 15) is 4.79 Å². The highest BCUT2D eigenvalue weighted by Gasteiger charge is 2.36. The van der Waals surface area contributed by atoms with Gasteiger partial charge in [0.15, 0.2) is 5.82 Å². The Kier molecular flexibility index (Phi) is 4.68. The molecule has 2 heterocycles. The maximum Gasteiger partial charge on any atom is 0.318 e. The molecule has 1 aliphatic carbocycles. The summed E-state index contributed by atoms with van der Waals surface area (Å²) in [5.41, 5.74) is 1.30. The van der Waals surface area contributed by atoms with Gasteiger partial charge in [0.05, 0.1) is 0 Å². The summed E-state index contributed by atoms with van der Waals surface area (Å²) >= 11 is 0. The molecular weight excluding hydrogens is 316 g/mol. The third-order valence-corrected chi connectivity index (χ3v) is 4.96. The number of benzene rings is 1. The fourth-order valence-electron chi connectivity index (χ4n) is 3.39. The van der Waals surface area contributed by atoms with Gasteiger partial charge in [-0.3, -0.25) is 0 Å². The fraction of sp³-hybridized carbons (Fsp3) is 0.526. The van der Waals surface area contributed by atoms with E-state index in [-0.39, 0.29) is 12.1 Å². The summed E-state index contributed by atoms with van der Waals surface area (Å²) in [7, 11) is 0. The Bertz CT molecular complexity index is 711. The average Bonchev–Trinajstić information content (AvgIpc) is 3.18. The number of likely N-dealkylation sites (tertiary alicyclic amines) is 1. The molecule has 2 aromatic rings. The second-order valence-electron chi connectivity index (χ2n) is 6.94. The van der Waals surface area contributed by atoms with E-state index in [0.29, 0.717) is 18.4 Å². The van der Waals surface area contributed by atoms with Crippen molar-refractivity contribution in [1.82, 2.24) is 20.4 Å². The molecule has 6 heteroatoms. The number of urea groups is 1. The average molecular weight is 340 g/mol. The standard InChI is InChI=1S/C19H24N4O2/c24-19(20-12-4-8-14-6-2-1-3-7-14)23-13-5-9-16(23)18-21-17(22-25-18)15-10-11-15/h1-3,6-7,15-16H,4-5,8-13H2,(H,20,24). The molecule has 2 fully saturated rings. The molecule has 25 heavy (non-hydrogen) atoms. The van der Waals surface area contributed by atoms with Crippen LogP contribution in [0.25, 0.3) is 0 Å². The van der Waals surface area contributed by atoms with E-state index >= 15 is 0 Å². The number of carbonyl (C=O) groups is 1. The molecule has 1 N–H and O–H groups in total. The van der Waals surface area contributed by atoms with Crippen LogP contribution in [-0.2, 0) is 6.42 Å². The Labute approximate surface area is 147 Å². The molecule has 132 valence electrons. The molecule has 2 amide bonds. The SMILES string of the molecule is O=C(NCCCc1ccccc1)N1CCCC1c1nc(C2CC2)no1. The normalized spacial score (nSPS) is 20.0. The second-order valence-corrected chi connectivity index (χ2v) is 6.94. The van der Waals surface area contributed by atoms with Crippen LogP contribution < -0.4 is 5.32 Å². The summed E-state index contributed by atoms with van der Waals surface area (Å²) in [5, 5.41) is 7.11. The van der Waals surface area contributed by atoms with Crippen molar-refractivity contribution in [3.63, 3.8) is 0 Å². The first-order chi connectivity index (χ1) is 12.3. The molecule has 0 bridgehead atoms. The van der Waals surface area contributed by atoms with Gasteiger partial charge in [-0.1, -0.05) is 35.5 Å². The van der Waals surface area contributed by atoms with E-state index < -0.39 is 0 Å². The summed E-state index contributed by atoms with van der Waals surface area (Å²) in [6.45, 7) is 1.42. The first kappa shape index (κ1) is 16.1. The zero-order valence-electron chi connectivity index (χ0n) is 14.4. The third kappa shape index (κ3) is 3.83. The van der Waals surface area contributed by atoms with Gasteiger partial charge in [0, 0.05) is 19.0 Å². The van der Waals surface area contributed by atoms with Crippen molar-refractivity contribution < 1.29 is 9.32 Å². The molecule has 1 aromatic heterocycles. The van der Waals surface area contributed by atoms with Crippen molar-refractivity contribution in [3.8, 4) is 0 Å². The van der Waals surface area contributed by atoms with Crippen LogP contribution in [0.2, 0.25) is 0 Å². The molecular formula is C19H24N4O2. The predicted molar refractivity (Wildman–Crippen MR) is 93.1 cm³/mol. The van der Waals surface area contributed by atoms with Crippen molar-refractivity contribution >= 4 is 6.03 Å². The van der Waals surface area contributed by atoms with Gasteiger partial charge < -0.3 is 14.7 Å². The van der Waals surface area contributed by atoms with Crippen LogP contribution >= 0.6 is 0 Å². The van der Waals surface area contributed by atoms with Gasteiger partial charge in [0.2, 0.25) is 5.89 Å². The zero-order chi connectivity index (χ0) is 17.1. The minimum Gasteiger partial charge on any atom is -0.338 e. The molecule has 1 aromatic carbocycles. The highest BCUT2D eigenvalue weighted by Crippen LogP contribution is 2.39. The third-order valence-electron chi connectivity index (χ3n) is 4.96. The number of rotatable bonds is 6. The molecule has 1 atom stereocenters. The number of aryl methyl sites for hydroxylation is 1. The summed E-state index contributed by atoms with van der Waals surface area (Å²) < 4.78 is 5.43. The van der Waals surface area contributed by atoms with Crippen molar-refractivity contribution in [2.45, 2.75) is 50.5 Å². The van der Waals surface area contributed by atoms with Gasteiger partial charge in [-0.15, -0.1) is 0 Å². The summed E-state index contributed by atoms with van der Waals surface area (Å²) in [5.74, 6) is 1.88. The number of amides is 2. The predicted octanol–water partition coefficient (Wildman–Crippen LogP) is 3.43. The Balaban J connectivity index is 1.28. The Morgan fingerprint density at radius 3 is 2.88 bits per heavy atom. The number of hydrogen-bond acceptors (Lipinski definition) is 4. The van der Waals surface area contributed by atoms with Crippen LogP contribution in [-0.4, -0.2) is 34.2 Å². The zero-order valence-corrected chi connectivity index (χ0v) is 14.4. The van der Waals surface area contributed by atoms with Gasteiger partial charge in [0.25, 0.3) is 0 Å². The smallest absolute Gasteiger partial charge is 0.318 e. The molecule has 0 radical (unpaired) electrons. The molecule has 1 saturated heterocycles. The van der Waals surface area contributed by atoms with Crippen LogP contribution in [0.5, 0.6) is 0 Å². The van der Waals surface area contributed by atoms with Gasteiger partial charge in [0.1, 0.15) is 6.04 Å². The van der Waals surface area contributed by atoms with Crippen molar-refractivity contribution in [1.29, 1.82) is 0 Å². The maximum absolute atomic E-state index is 12.5. The van der Waals surface area contributed by atoms with E-state index in [4.69, 9.17) is 4.52 Å². The summed E-state index contributed by atoms with van der Waals surface area (Å²) in [6.07, 6.45) is 6.07. The van der Waals surface area contributed by atoms with Gasteiger partial charge in [-0.05, 0) is 44.1 Å². The van der Waals surface area contributed by atoms with E-state index in [2.05, 4.69) is 27.6 Å². The molecule has 0 spiro atoms. The minimum atomic E-state index is -0.0749. The molecule has 4 rings (SSSR count). The second kappa shape index (κ2) is 7.25. The lowest BCUT2D eigenvalue weighted by atomic mass is 10.1. The number of aromatic nitrogens is 2. The molecule has 1 saturated carbocycles. The monoisotopic (exact) mass is 340 g/mol. The minimum absolute atomic E-state index is 0.0262. The largest absolute Gasteiger partial charge is 0.338 e. The van der Waals surface area contributed by atoms with Gasteiger partial charge in [-0.2, -0.15) is 4.98 Å². The van der Waals surface area contributed by atoms with Gasteiger partial charge >= 0.3 is 6.03 Å². The van der Waals surface area contributed by atoms with E-state index in [1.165, 1.54) is 5.56 Å². The van der Waals surface area contributed by atoms with Crippen LogP contribution in [0.1, 0.15) is 61.3 Å². The van der Waals surface area contributed by atoms with Crippen LogP contribution in [0.15, 0.2) is 34.9 Å². The molecule has 2 aliphatic rings. The quantitative estimate of drug-likeness (QED) is 0.818. The Hall–Kier alpha value is -2.37. The Morgan fingerprint density at radius 1 is 1.24 bits per heavy atom. The van der Waals surface area contributed by atoms with Crippen molar-refractivity contribution in [3.05, 3.63) is 47.6 Å². The van der Waals surface area contributed by atoms with E-state index in [1.54, 1.807) is 0 Å². The number of hydrogen-bond donors (Lipinski definition) is 1. The number of carbonyl (C=O) groups excluding carboxylic acids is 1. The first-order valence-electron chi connectivity index (χ1n) is 9.23. The van der Waals surface area contributed by atoms with Crippen LogP contribution in [0.3, 0.4) is 0 Å². The first-order valence-corrected chi connectivity index (χ1v) is 9.23. The Morgan fingerprint density at radius 2 is 2.08 bits per heavy atom. The fourth-order valence-corrected chi connectivity index (χ4v) is 3.39. The van der Waals surface area contributed by atoms with Crippen molar-refractivity contribution in [2.24, 2.45) is 0 Å². The maximum atomic E-state index is 12.5. The highest BCUT2D eigenvalue weighted by atomic mass is 16.5.